The van der Waals surface area contributed by atoms with Crippen molar-refractivity contribution in [2.75, 3.05) is 26.2 Å². The third kappa shape index (κ3) is 6.16. The minimum Gasteiger partial charge on any atom is -0.314 e. The minimum atomic E-state index is 0.675. The van der Waals surface area contributed by atoms with Gasteiger partial charge >= 0.3 is 0 Å². The summed E-state index contributed by atoms with van der Waals surface area (Å²) in [5.74, 6) is 1.03. The quantitative estimate of drug-likeness (QED) is 0.632. The molecule has 1 atom stereocenters. The summed E-state index contributed by atoms with van der Waals surface area (Å²) in [4.78, 5) is 2.66. The highest BCUT2D eigenvalue weighted by molar-refractivity contribution is 4.77. The fourth-order valence-electron chi connectivity index (χ4n) is 2.10. The second kappa shape index (κ2) is 7.24. The summed E-state index contributed by atoms with van der Waals surface area (Å²) in [5, 5.41) is 3.49. The van der Waals surface area contributed by atoms with E-state index in [1.54, 1.807) is 0 Å². The van der Waals surface area contributed by atoms with Gasteiger partial charge in [-0.2, -0.15) is 0 Å². The Morgan fingerprint density at radius 1 is 1.27 bits per heavy atom. The third-order valence-corrected chi connectivity index (χ3v) is 3.18. The average molecular weight is 212 g/mol. The molecule has 0 aromatic heterocycles. The van der Waals surface area contributed by atoms with Gasteiger partial charge in [0.15, 0.2) is 0 Å². The van der Waals surface area contributed by atoms with Crippen molar-refractivity contribution < 1.29 is 0 Å². The van der Waals surface area contributed by atoms with Crippen LogP contribution in [0.3, 0.4) is 0 Å². The van der Waals surface area contributed by atoms with E-state index in [1.807, 2.05) is 0 Å². The van der Waals surface area contributed by atoms with Crippen molar-refractivity contribution in [3.8, 4) is 0 Å². The van der Waals surface area contributed by atoms with Crippen LogP contribution in [0, 0.1) is 5.92 Å². The van der Waals surface area contributed by atoms with E-state index < -0.39 is 0 Å². The zero-order valence-electron chi connectivity index (χ0n) is 10.8. The zero-order chi connectivity index (χ0) is 11.1. The Hall–Kier alpha value is -0.0800. The van der Waals surface area contributed by atoms with Crippen LogP contribution in [0.1, 0.15) is 46.5 Å². The van der Waals surface area contributed by atoms with E-state index in [1.165, 1.54) is 45.3 Å². The molecule has 2 nitrogen and oxygen atoms in total. The van der Waals surface area contributed by atoms with Crippen molar-refractivity contribution in [3.05, 3.63) is 0 Å². The van der Waals surface area contributed by atoms with Crippen molar-refractivity contribution in [2.24, 2.45) is 5.92 Å². The maximum absolute atomic E-state index is 3.49. The fraction of sp³-hybridized carbons (Fsp3) is 1.00. The molecule has 1 unspecified atom stereocenters. The van der Waals surface area contributed by atoms with Crippen LogP contribution in [-0.4, -0.2) is 37.1 Å². The van der Waals surface area contributed by atoms with Gasteiger partial charge in [-0.15, -0.1) is 0 Å². The van der Waals surface area contributed by atoms with Crippen molar-refractivity contribution >= 4 is 0 Å². The standard InChI is InChI=1S/C13H28N2/c1-4-9-15(11-13-6-7-13)10-8-12(3)14-5-2/h12-14H,4-11H2,1-3H3. The Morgan fingerprint density at radius 3 is 2.53 bits per heavy atom. The van der Waals surface area contributed by atoms with Crippen LogP contribution in [0.5, 0.6) is 0 Å². The molecule has 0 radical (unpaired) electrons. The van der Waals surface area contributed by atoms with Gasteiger partial charge in [0, 0.05) is 12.6 Å². The van der Waals surface area contributed by atoms with Gasteiger partial charge in [0.2, 0.25) is 0 Å². The first-order valence-electron chi connectivity index (χ1n) is 6.72. The lowest BCUT2D eigenvalue weighted by atomic mass is 10.2. The molecular weight excluding hydrogens is 184 g/mol. The lowest BCUT2D eigenvalue weighted by Crippen LogP contribution is -2.34. The van der Waals surface area contributed by atoms with Crippen molar-refractivity contribution in [2.45, 2.75) is 52.5 Å². The number of nitrogens with one attached hydrogen (secondary N) is 1. The van der Waals surface area contributed by atoms with E-state index in [2.05, 4.69) is 31.0 Å². The van der Waals surface area contributed by atoms with Gasteiger partial charge in [-0.1, -0.05) is 13.8 Å². The van der Waals surface area contributed by atoms with E-state index in [-0.39, 0.29) is 0 Å². The van der Waals surface area contributed by atoms with Crippen molar-refractivity contribution in [1.82, 2.24) is 10.2 Å². The molecule has 0 aromatic rings. The van der Waals surface area contributed by atoms with E-state index in [9.17, 15) is 0 Å². The van der Waals surface area contributed by atoms with Crippen LogP contribution < -0.4 is 5.32 Å². The number of nitrogens with zero attached hydrogens (tertiary/aromatic N) is 1. The van der Waals surface area contributed by atoms with Gasteiger partial charge in [0.05, 0.1) is 0 Å². The van der Waals surface area contributed by atoms with Crippen molar-refractivity contribution in [3.63, 3.8) is 0 Å². The molecule has 1 saturated carbocycles. The minimum absolute atomic E-state index is 0.675. The molecule has 1 rings (SSSR count). The Bertz CT molecular complexity index is 155. The predicted octanol–water partition coefficient (Wildman–Crippen LogP) is 2.50. The van der Waals surface area contributed by atoms with Crippen LogP contribution in [0.15, 0.2) is 0 Å². The topological polar surface area (TPSA) is 15.3 Å². The second-order valence-electron chi connectivity index (χ2n) is 4.99. The van der Waals surface area contributed by atoms with E-state index in [0.717, 1.165) is 12.5 Å². The van der Waals surface area contributed by atoms with Gasteiger partial charge in [-0.05, 0) is 58.2 Å². The molecule has 1 aliphatic rings. The average Bonchev–Trinajstić information content (AvgIpc) is 2.99. The summed E-state index contributed by atoms with van der Waals surface area (Å²) < 4.78 is 0. The Balaban J connectivity index is 2.11. The summed E-state index contributed by atoms with van der Waals surface area (Å²) in [6.07, 6.45) is 5.54. The first-order chi connectivity index (χ1) is 7.26. The Kier molecular flexibility index (Phi) is 6.26. The van der Waals surface area contributed by atoms with Crippen LogP contribution in [0.25, 0.3) is 0 Å². The summed E-state index contributed by atoms with van der Waals surface area (Å²) in [6.45, 7) is 11.8. The Morgan fingerprint density at radius 2 is 2.00 bits per heavy atom. The van der Waals surface area contributed by atoms with E-state index in [0.29, 0.717) is 6.04 Å². The molecule has 2 heteroatoms. The summed E-state index contributed by atoms with van der Waals surface area (Å²) in [6, 6.07) is 0.675. The van der Waals surface area contributed by atoms with Gasteiger partial charge in [-0.25, -0.2) is 0 Å². The number of hydrogen-bond acceptors (Lipinski definition) is 2. The molecule has 0 saturated heterocycles. The smallest absolute Gasteiger partial charge is 0.00507 e. The van der Waals surface area contributed by atoms with Gasteiger partial charge in [0.1, 0.15) is 0 Å². The molecule has 0 aromatic carbocycles. The predicted molar refractivity (Wildman–Crippen MR) is 67.2 cm³/mol. The van der Waals surface area contributed by atoms with Crippen LogP contribution in [0.4, 0.5) is 0 Å². The molecule has 15 heavy (non-hydrogen) atoms. The maximum Gasteiger partial charge on any atom is 0.00507 e. The SMILES string of the molecule is CCCN(CCC(C)NCC)CC1CC1. The largest absolute Gasteiger partial charge is 0.314 e. The maximum atomic E-state index is 3.49. The highest BCUT2D eigenvalue weighted by atomic mass is 15.1. The fourth-order valence-corrected chi connectivity index (χ4v) is 2.10. The van der Waals surface area contributed by atoms with E-state index >= 15 is 0 Å². The molecule has 0 bridgehead atoms. The van der Waals surface area contributed by atoms with Crippen molar-refractivity contribution in [1.29, 1.82) is 0 Å². The molecular formula is C13H28N2. The van der Waals surface area contributed by atoms with Crippen LogP contribution >= 0.6 is 0 Å². The molecule has 1 N–H and O–H groups in total. The first kappa shape index (κ1) is 13.0. The first-order valence-corrected chi connectivity index (χ1v) is 6.72. The Labute approximate surface area is 95.4 Å². The molecule has 0 heterocycles. The monoisotopic (exact) mass is 212 g/mol. The van der Waals surface area contributed by atoms with Gasteiger partial charge in [-0.3, -0.25) is 0 Å². The lowest BCUT2D eigenvalue weighted by Gasteiger charge is -2.23. The van der Waals surface area contributed by atoms with E-state index in [4.69, 9.17) is 0 Å². The molecule has 0 amide bonds. The summed E-state index contributed by atoms with van der Waals surface area (Å²) in [7, 11) is 0. The molecule has 1 aliphatic carbocycles. The van der Waals surface area contributed by atoms with Crippen LogP contribution in [0.2, 0.25) is 0 Å². The highest BCUT2D eigenvalue weighted by Gasteiger charge is 2.23. The molecule has 0 aliphatic heterocycles. The third-order valence-electron chi connectivity index (χ3n) is 3.18. The zero-order valence-corrected chi connectivity index (χ0v) is 10.8. The number of hydrogen-bond donors (Lipinski definition) is 1. The summed E-state index contributed by atoms with van der Waals surface area (Å²) >= 11 is 0. The molecule has 90 valence electrons. The number of rotatable bonds is 9. The molecule has 1 fully saturated rings. The van der Waals surface area contributed by atoms with Gasteiger partial charge in [0.25, 0.3) is 0 Å². The van der Waals surface area contributed by atoms with Crippen LogP contribution in [-0.2, 0) is 0 Å². The lowest BCUT2D eigenvalue weighted by molar-refractivity contribution is 0.250. The van der Waals surface area contributed by atoms with Gasteiger partial charge < -0.3 is 10.2 Å². The molecule has 0 spiro atoms. The highest BCUT2D eigenvalue weighted by Crippen LogP contribution is 2.29. The normalized spacial score (nSPS) is 18.4. The summed E-state index contributed by atoms with van der Waals surface area (Å²) in [5.41, 5.74) is 0. The second-order valence-corrected chi connectivity index (χ2v) is 4.99.